The lowest BCUT2D eigenvalue weighted by Gasteiger charge is -2.19. The topological polar surface area (TPSA) is 49.8 Å². The molecule has 17 heavy (non-hydrogen) atoms. The molecule has 0 spiro atoms. The van der Waals surface area contributed by atoms with E-state index in [2.05, 4.69) is 0 Å². The van der Waals surface area contributed by atoms with Crippen molar-refractivity contribution in [3.05, 3.63) is 34.9 Å². The SMILES string of the molecule is CC(O)CN(C)C(=O)c1ccc2c(c1)COC2. The molecule has 4 heteroatoms. The number of rotatable bonds is 3. The Kier molecular flexibility index (Phi) is 3.45. The predicted octanol–water partition coefficient (Wildman–Crippen LogP) is 1.17. The lowest BCUT2D eigenvalue weighted by molar-refractivity contribution is 0.0703. The third-order valence-electron chi connectivity index (χ3n) is 2.85. The average molecular weight is 235 g/mol. The Balaban J connectivity index is 2.14. The Morgan fingerprint density at radius 1 is 1.47 bits per heavy atom. The molecule has 0 saturated carbocycles. The van der Waals surface area contributed by atoms with Crippen molar-refractivity contribution in [2.75, 3.05) is 13.6 Å². The van der Waals surface area contributed by atoms with Gasteiger partial charge in [0.05, 0.1) is 19.3 Å². The van der Waals surface area contributed by atoms with Gasteiger partial charge >= 0.3 is 0 Å². The van der Waals surface area contributed by atoms with Gasteiger partial charge < -0.3 is 14.7 Å². The normalized spacial score (nSPS) is 15.5. The van der Waals surface area contributed by atoms with E-state index >= 15 is 0 Å². The molecule has 0 saturated heterocycles. The van der Waals surface area contributed by atoms with Gasteiger partial charge in [-0.05, 0) is 30.2 Å². The Bertz CT molecular complexity index is 429. The molecule has 1 N–H and O–H groups in total. The molecule has 1 aliphatic heterocycles. The molecular formula is C13H17NO3. The number of benzene rings is 1. The molecule has 92 valence electrons. The van der Waals surface area contributed by atoms with Gasteiger partial charge in [-0.1, -0.05) is 6.07 Å². The molecule has 0 aromatic heterocycles. The fourth-order valence-corrected chi connectivity index (χ4v) is 2.00. The largest absolute Gasteiger partial charge is 0.392 e. The highest BCUT2D eigenvalue weighted by atomic mass is 16.5. The summed E-state index contributed by atoms with van der Waals surface area (Å²) in [4.78, 5) is 13.6. The van der Waals surface area contributed by atoms with Gasteiger partial charge in [-0.2, -0.15) is 0 Å². The maximum atomic E-state index is 12.1. The van der Waals surface area contributed by atoms with Gasteiger partial charge in [0.2, 0.25) is 0 Å². The van der Waals surface area contributed by atoms with E-state index < -0.39 is 6.10 Å². The third kappa shape index (κ3) is 2.65. The molecular weight excluding hydrogens is 218 g/mol. The van der Waals surface area contributed by atoms with Gasteiger partial charge in [-0.3, -0.25) is 4.79 Å². The number of amides is 1. The van der Waals surface area contributed by atoms with Crippen molar-refractivity contribution in [3.8, 4) is 0 Å². The Morgan fingerprint density at radius 3 is 2.88 bits per heavy atom. The van der Waals surface area contributed by atoms with Crippen LogP contribution in [0, 0.1) is 0 Å². The van der Waals surface area contributed by atoms with Gasteiger partial charge in [0.1, 0.15) is 0 Å². The first-order valence-corrected chi connectivity index (χ1v) is 5.71. The standard InChI is InChI=1S/C13H17NO3/c1-9(15)6-14(2)13(16)10-3-4-11-7-17-8-12(11)5-10/h3-5,9,15H,6-8H2,1-2H3. The summed E-state index contributed by atoms with van der Waals surface area (Å²) < 4.78 is 5.31. The first-order chi connectivity index (χ1) is 8.08. The van der Waals surface area contributed by atoms with Crippen LogP contribution in [0.15, 0.2) is 18.2 Å². The van der Waals surface area contributed by atoms with Crippen LogP contribution in [0.3, 0.4) is 0 Å². The second-order valence-electron chi connectivity index (χ2n) is 4.51. The van der Waals surface area contributed by atoms with E-state index in [-0.39, 0.29) is 5.91 Å². The van der Waals surface area contributed by atoms with Gasteiger partial charge in [0, 0.05) is 19.2 Å². The molecule has 1 aromatic carbocycles. The van der Waals surface area contributed by atoms with E-state index in [1.54, 1.807) is 14.0 Å². The average Bonchev–Trinajstić information content (AvgIpc) is 2.73. The Hall–Kier alpha value is -1.39. The minimum atomic E-state index is -0.512. The van der Waals surface area contributed by atoms with Gasteiger partial charge in [0.25, 0.3) is 5.91 Å². The van der Waals surface area contributed by atoms with Gasteiger partial charge in [-0.25, -0.2) is 0 Å². The molecule has 1 aromatic rings. The van der Waals surface area contributed by atoms with E-state index in [0.29, 0.717) is 25.3 Å². The fraction of sp³-hybridized carbons (Fsp3) is 0.462. The molecule has 1 heterocycles. The first-order valence-electron chi connectivity index (χ1n) is 5.71. The summed E-state index contributed by atoms with van der Waals surface area (Å²) in [6.45, 7) is 3.22. The van der Waals surface area contributed by atoms with Crippen LogP contribution in [0.25, 0.3) is 0 Å². The first kappa shape index (κ1) is 12.1. The van der Waals surface area contributed by atoms with Crippen LogP contribution in [0.1, 0.15) is 28.4 Å². The zero-order valence-corrected chi connectivity index (χ0v) is 10.1. The van der Waals surface area contributed by atoms with Crippen LogP contribution < -0.4 is 0 Å². The van der Waals surface area contributed by atoms with E-state index in [9.17, 15) is 9.90 Å². The number of nitrogens with zero attached hydrogens (tertiary/aromatic N) is 1. The lowest BCUT2D eigenvalue weighted by atomic mass is 10.1. The molecule has 4 nitrogen and oxygen atoms in total. The lowest BCUT2D eigenvalue weighted by Crippen LogP contribution is -2.33. The number of carbonyl (C=O) groups excluding carboxylic acids is 1. The fourth-order valence-electron chi connectivity index (χ4n) is 2.00. The minimum absolute atomic E-state index is 0.0689. The minimum Gasteiger partial charge on any atom is -0.392 e. The van der Waals surface area contributed by atoms with Gasteiger partial charge in [-0.15, -0.1) is 0 Å². The summed E-state index contributed by atoms with van der Waals surface area (Å²) in [5.74, 6) is -0.0689. The van der Waals surface area contributed by atoms with E-state index in [0.717, 1.165) is 11.1 Å². The maximum absolute atomic E-state index is 12.1. The Morgan fingerprint density at radius 2 is 2.18 bits per heavy atom. The zero-order chi connectivity index (χ0) is 12.4. The van der Waals surface area contributed by atoms with Gasteiger partial charge in [0.15, 0.2) is 0 Å². The number of aliphatic hydroxyl groups excluding tert-OH is 1. The predicted molar refractivity (Wildman–Crippen MR) is 63.6 cm³/mol. The van der Waals surface area contributed by atoms with Crippen LogP contribution in [0.2, 0.25) is 0 Å². The second-order valence-corrected chi connectivity index (χ2v) is 4.51. The van der Waals surface area contributed by atoms with Crippen molar-refractivity contribution in [3.63, 3.8) is 0 Å². The number of hydrogen-bond acceptors (Lipinski definition) is 3. The number of fused-ring (bicyclic) bond motifs is 1. The summed E-state index contributed by atoms with van der Waals surface area (Å²) >= 11 is 0. The van der Waals surface area contributed by atoms with Crippen molar-refractivity contribution in [1.82, 2.24) is 4.90 Å². The smallest absolute Gasteiger partial charge is 0.253 e. The number of ether oxygens (including phenoxy) is 1. The molecule has 1 atom stereocenters. The quantitative estimate of drug-likeness (QED) is 0.855. The molecule has 1 aliphatic rings. The molecule has 0 bridgehead atoms. The molecule has 0 radical (unpaired) electrons. The maximum Gasteiger partial charge on any atom is 0.253 e. The van der Waals surface area contributed by atoms with Crippen molar-refractivity contribution in [1.29, 1.82) is 0 Å². The summed E-state index contributed by atoms with van der Waals surface area (Å²) in [6, 6.07) is 5.63. The summed E-state index contributed by atoms with van der Waals surface area (Å²) in [6.07, 6.45) is -0.512. The van der Waals surface area contributed by atoms with Crippen LogP contribution >= 0.6 is 0 Å². The molecule has 1 amide bonds. The Labute approximate surface area is 101 Å². The molecule has 0 fully saturated rings. The van der Waals surface area contributed by atoms with E-state index in [1.807, 2.05) is 18.2 Å². The highest BCUT2D eigenvalue weighted by Gasteiger charge is 2.17. The number of aliphatic hydroxyl groups is 1. The zero-order valence-electron chi connectivity index (χ0n) is 10.1. The summed E-state index contributed by atoms with van der Waals surface area (Å²) in [7, 11) is 1.69. The van der Waals surface area contributed by atoms with Crippen LogP contribution in [0.4, 0.5) is 0 Å². The molecule has 2 rings (SSSR count). The highest BCUT2D eigenvalue weighted by Crippen LogP contribution is 2.21. The third-order valence-corrected chi connectivity index (χ3v) is 2.85. The summed E-state index contributed by atoms with van der Waals surface area (Å²) in [5.41, 5.74) is 2.89. The molecule has 1 unspecified atom stereocenters. The van der Waals surface area contributed by atoms with Crippen LogP contribution in [-0.4, -0.2) is 35.6 Å². The van der Waals surface area contributed by atoms with Crippen LogP contribution in [0.5, 0.6) is 0 Å². The second kappa shape index (κ2) is 4.85. The van der Waals surface area contributed by atoms with Crippen molar-refractivity contribution < 1.29 is 14.6 Å². The van der Waals surface area contributed by atoms with Crippen molar-refractivity contribution in [2.24, 2.45) is 0 Å². The monoisotopic (exact) mass is 235 g/mol. The van der Waals surface area contributed by atoms with Crippen LogP contribution in [-0.2, 0) is 18.0 Å². The number of hydrogen-bond donors (Lipinski definition) is 1. The van der Waals surface area contributed by atoms with Crippen molar-refractivity contribution >= 4 is 5.91 Å². The number of likely N-dealkylation sites (N-methyl/N-ethyl adjacent to an activating group) is 1. The number of carbonyl (C=O) groups is 1. The van der Waals surface area contributed by atoms with Crippen molar-refractivity contribution in [2.45, 2.75) is 26.2 Å². The highest BCUT2D eigenvalue weighted by molar-refractivity contribution is 5.94. The van der Waals surface area contributed by atoms with E-state index in [1.165, 1.54) is 4.90 Å². The van der Waals surface area contributed by atoms with E-state index in [4.69, 9.17) is 4.74 Å². The molecule has 0 aliphatic carbocycles. The summed E-state index contributed by atoms with van der Waals surface area (Å²) in [5, 5.41) is 9.26.